The summed E-state index contributed by atoms with van der Waals surface area (Å²) in [6.45, 7) is 3.22. The fourth-order valence-electron chi connectivity index (χ4n) is 1.05. The summed E-state index contributed by atoms with van der Waals surface area (Å²) >= 11 is 0. The van der Waals surface area contributed by atoms with Crippen LogP contribution in [0.25, 0.3) is 0 Å². The second kappa shape index (κ2) is 5.10. The molecule has 0 spiro atoms. The monoisotopic (exact) mass is 175 g/mol. The Morgan fingerprint density at radius 3 is 2.92 bits per heavy atom. The van der Waals surface area contributed by atoms with E-state index in [1.54, 1.807) is 0 Å². The van der Waals surface area contributed by atoms with Crippen LogP contribution in [0.5, 0.6) is 5.75 Å². The largest absolute Gasteiger partial charge is 0.479 e. The third-order valence-electron chi connectivity index (χ3n) is 1.57. The van der Waals surface area contributed by atoms with Gasteiger partial charge in [-0.15, -0.1) is 6.42 Å². The van der Waals surface area contributed by atoms with Gasteiger partial charge in [0.2, 0.25) is 0 Å². The van der Waals surface area contributed by atoms with Gasteiger partial charge >= 0.3 is 0 Å². The number of anilines is 1. The molecule has 0 atom stereocenters. The Kier molecular flexibility index (Phi) is 3.72. The van der Waals surface area contributed by atoms with Crippen molar-refractivity contribution in [1.29, 1.82) is 0 Å². The summed E-state index contributed by atoms with van der Waals surface area (Å²) in [6.07, 6.45) is 5.10. The molecule has 0 aliphatic carbocycles. The average Bonchev–Trinajstić information content (AvgIpc) is 2.17. The second-order valence-corrected chi connectivity index (χ2v) is 2.52. The number of benzene rings is 1. The first-order valence-electron chi connectivity index (χ1n) is 4.27. The molecule has 1 N–H and O–H groups in total. The first-order valence-corrected chi connectivity index (χ1v) is 4.27. The molecule has 0 bridgehead atoms. The Balaban J connectivity index is 2.73. The quantitative estimate of drug-likeness (QED) is 0.708. The molecular formula is C11H13NO. The van der Waals surface area contributed by atoms with E-state index in [2.05, 4.69) is 11.2 Å². The number of nitrogens with one attached hydrogen (secondary N) is 1. The number of rotatable bonds is 4. The van der Waals surface area contributed by atoms with E-state index < -0.39 is 0 Å². The van der Waals surface area contributed by atoms with Crippen molar-refractivity contribution in [2.75, 3.05) is 18.5 Å². The van der Waals surface area contributed by atoms with E-state index in [1.807, 2.05) is 31.2 Å². The molecule has 0 aliphatic rings. The van der Waals surface area contributed by atoms with Crippen molar-refractivity contribution in [3.63, 3.8) is 0 Å². The Hall–Kier alpha value is -1.62. The lowest BCUT2D eigenvalue weighted by Gasteiger charge is -2.09. The van der Waals surface area contributed by atoms with Gasteiger partial charge < -0.3 is 10.1 Å². The predicted molar refractivity (Wildman–Crippen MR) is 54.9 cm³/mol. The number of para-hydroxylation sites is 2. The Morgan fingerprint density at radius 1 is 1.46 bits per heavy atom. The summed E-state index contributed by atoms with van der Waals surface area (Å²) in [5.41, 5.74) is 0.986. The lowest BCUT2D eigenvalue weighted by Crippen LogP contribution is -2.01. The van der Waals surface area contributed by atoms with E-state index in [9.17, 15) is 0 Å². The van der Waals surface area contributed by atoms with Crippen LogP contribution in [0, 0.1) is 12.3 Å². The van der Waals surface area contributed by atoms with Crippen LogP contribution in [0.3, 0.4) is 0 Å². The van der Waals surface area contributed by atoms with Crippen LogP contribution in [0.2, 0.25) is 0 Å². The molecule has 0 aromatic heterocycles. The van der Waals surface area contributed by atoms with Gasteiger partial charge in [-0.1, -0.05) is 18.1 Å². The average molecular weight is 175 g/mol. The zero-order valence-corrected chi connectivity index (χ0v) is 7.71. The molecular weight excluding hydrogens is 162 g/mol. The summed E-state index contributed by atoms with van der Waals surface area (Å²) in [7, 11) is 0. The maximum Gasteiger partial charge on any atom is 0.148 e. The maximum absolute atomic E-state index is 5.34. The Labute approximate surface area is 78.9 Å². The van der Waals surface area contributed by atoms with E-state index in [0.29, 0.717) is 6.61 Å². The van der Waals surface area contributed by atoms with Gasteiger partial charge in [-0.2, -0.15) is 0 Å². The zero-order chi connectivity index (χ0) is 9.52. The highest BCUT2D eigenvalue weighted by atomic mass is 16.5. The summed E-state index contributed by atoms with van der Waals surface area (Å²) in [5, 5.41) is 3.19. The fraction of sp³-hybridized carbons (Fsp3) is 0.273. The molecule has 0 unspecified atom stereocenters. The number of ether oxygens (including phenoxy) is 1. The van der Waals surface area contributed by atoms with Crippen molar-refractivity contribution in [2.24, 2.45) is 0 Å². The number of hydrogen-bond acceptors (Lipinski definition) is 2. The minimum absolute atomic E-state index is 0.308. The maximum atomic E-state index is 5.34. The van der Waals surface area contributed by atoms with Crippen LogP contribution in [0.15, 0.2) is 24.3 Å². The van der Waals surface area contributed by atoms with Gasteiger partial charge in [-0.05, 0) is 19.1 Å². The summed E-state index contributed by atoms with van der Waals surface area (Å²) in [5.74, 6) is 3.24. The van der Waals surface area contributed by atoms with Crippen molar-refractivity contribution < 1.29 is 4.74 Å². The molecule has 2 nitrogen and oxygen atoms in total. The van der Waals surface area contributed by atoms with Gasteiger partial charge in [0, 0.05) is 6.54 Å². The predicted octanol–water partition coefficient (Wildman–Crippen LogP) is 2.13. The molecule has 2 heteroatoms. The van der Waals surface area contributed by atoms with E-state index in [1.165, 1.54) is 0 Å². The molecule has 0 fully saturated rings. The molecule has 0 aliphatic heterocycles. The normalized spacial score (nSPS) is 8.92. The third-order valence-corrected chi connectivity index (χ3v) is 1.57. The molecule has 0 saturated heterocycles. The molecule has 1 aromatic rings. The highest BCUT2D eigenvalue weighted by molar-refractivity contribution is 5.56. The summed E-state index contributed by atoms with van der Waals surface area (Å²) in [6, 6.07) is 7.75. The van der Waals surface area contributed by atoms with Gasteiger partial charge in [0.15, 0.2) is 0 Å². The van der Waals surface area contributed by atoms with Gasteiger partial charge in [0.05, 0.1) is 5.69 Å². The first-order chi connectivity index (χ1) is 6.38. The minimum atomic E-state index is 0.308. The van der Waals surface area contributed by atoms with E-state index in [4.69, 9.17) is 11.2 Å². The lowest BCUT2D eigenvalue weighted by molar-refractivity contribution is 0.372. The van der Waals surface area contributed by atoms with Crippen LogP contribution in [0.4, 0.5) is 5.69 Å². The molecule has 0 radical (unpaired) electrons. The van der Waals surface area contributed by atoms with Crippen molar-refractivity contribution in [2.45, 2.75) is 6.92 Å². The second-order valence-electron chi connectivity index (χ2n) is 2.52. The minimum Gasteiger partial charge on any atom is -0.479 e. The zero-order valence-electron chi connectivity index (χ0n) is 7.71. The molecule has 68 valence electrons. The van der Waals surface area contributed by atoms with Crippen LogP contribution in [0.1, 0.15) is 6.92 Å². The van der Waals surface area contributed by atoms with E-state index in [0.717, 1.165) is 18.0 Å². The first kappa shape index (κ1) is 9.47. The van der Waals surface area contributed by atoms with Gasteiger partial charge in [0.1, 0.15) is 12.4 Å². The number of hydrogen-bond donors (Lipinski definition) is 1. The lowest BCUT2D eigenvalue weighted by atomic mass is 10.3. The molecule has 1 rings (SSSR count). The van der Waals surface area contributed by atoms with Crippen molar-refractivity contribution in [3.8, 4) is 18.1 Å². The van der Waals surface area contributed by atoms with Crippen molar-refractivity contribution in [3.05, 3.63) is 24.3 Å². The third kappa shape index (κ3) is 2.72. The fourth-order valence-corrected chi connectivity index (χ4v) is 1.05. The van der Waals surface area contributed by atoms with Gasteiger partial charge in [0.25, 0.3) is 0 Å². The summed E-state index contributed by atoms with van der Waals surface area (Å²) in [4.78, 5) is 0. The van der Waals surface area contributed by atoms with Crippen LogP contribution < -0.4 is 10.1 Å². The molecule has 0 amide bonds. The van der Waals surface area contributed by atoms with Gasteiger partial charge in [-0.3, -0.25) is 0 Å². The smallest absolute Gasteiger partial charge is 0.148 e. The van der Waals surface area contributed by atoms with Crippen LogP contribution in [-0.2, 0) is 0 Å². The van der Waals surface area contributed by atoms with Crippen molar-refractivity contribution >= 4 is 5.69 Å². The van der Waals surface area contributed by atoms with Crippen molar-refractivity contribution in [1.82, 2.24) is 0 Å². The molecule has 0 heterocycles. The highest BCUT2D eigenvalue weighted by Crippen LogP contribution is 2.22. The number of terminal acetylenes is 1. The van der Waals surface area contributed by atoms with Crippen LogP contribution >= 0.6 is 0 Å². The summed E-state index contributed by atoms with van der Waals surface area (Å²) < 4.78 is 5.34. The molecule has 13 heavy (non-hydrogen) atoms. The topological polar surface area (TPSA) is 21.3 Å². The molecule has 0 saturated carbocycles. The van der Waals surface area contributed by atoms with E-state index >= 15 is 0 Å². The highest BCUT2D eigenvalue weighted by Gasteiger charge is 1.99. The Morgan fingerprint density at radius 2 is 2.23 bits per heavy atom. The van der Waals surface area contributed by atoms with E-state index in [-0.39, 0.29) is 0 Å². The SMILES string of the molecule is C#CCOc1ccccc1NCC. The Bertz CT molecular complexity index is 301. The van der Waals surface area contributed by atoms with Crippen LogP contribution in [-0.4, -0.2) is 13.2 Å². The standard InChI is InChI=1S/C11H13NO/c1-3-9-13-11-8-6-5-7-10(11)12-4-2/h1,5-8,12H,4,9H2,2H3. The van der Waals surface area contributed by atoms with Gasteiger partial charge in [-0.25, -0.2) is 0 Å². The molecule has 1 aromatic carbocycles.